The molecule has 0 bridgehead atoms. The third-order valence-electron chi connectivity index (χ3n) is 4.21. The van der Waals surface area contributed by atoms with Crippen molar-refractivity contribution in [3.05, 3.63) is 90.8 Å². The third-order valence-corrected chi connectivity index (χ3v) is 5.46. The number of benzene rings is 2. The average molecular weight is 363 g/mol. The molecule has 0 saturated carbocycles. The summed E-state index contributed by atoms with van der Waals surface area (Å²) in [5.41, 5.74) is 3.55. The molecule has 0 radical (unpaired) electrons. The van der Waals surface area contributed by atoms with Crippen molar-refractivity contribution in [2.24, 2.45) is 0 Å². The van der Waals surface area contributed by atoms with Gasteiger partial charge >= 0.3 is 10.1 Å². The van der Waals surface area contributed by atoms with Crippen LogP contribution >= 0.6 is 0 Å². The maximum atomic E-state index is 12.7. The maximum absolute atomic E-state index is 12.7. The average Bonchev–Trinajstić information content (AvgIpc) is 3.11. The van der Waals surface area contributed by atoms with Crippen molar-refractivity contribution in [2.45, 2.75) is 11.8 Å². The summed E-state index contributed by atoms with van der Waals surface area (Å²) in [5, 5.41) is 0. The molecular weight excluding hydrogens is 346 g/mol. The van der Waals surface area contributed by atoms with Gasteiger partial charge in [-0.15, -0.1) is 0 Å². The van der Waals surface area contributed by atoms with Crippen molar-refractivity contribution in [3.63, 3.8) is 0 Å². The van der Waals surface area contributed by atoms with Crippen molar-refractivity contribution >= 4 is 15.6 Å². The highest BCUT2D eigenvalue weighted by molar-refractivity contribution is 7.87. The summed E-state index contributed by atoms with van der Waals surface area (Å²) in [4.78, 5) is 0.137. The van der Waals surface area contributed by atoms with Gasteiger partial charge in [-0.3, -0.25) is 0 Å². The van der Waals surface area contributed by atoms with Gasteiger partial charge in [0.15, 0.2) is 5.75 Å². The number of pyridine rings is 1. The highest BCUT2D eigenvalue weighted by Crippen LogP contribution is 2.30. The molecule has 0 spiro atoms. The van der Waals surface area contributed by atoms with Crippen molar-refractivity contribution < 1.29 is 12.6 Å². The second-order valence-corrected chi connectivity index (χ2v) is 7.66. The van der Waals surface area contributed by atoms with Crippen LogP contribution in [-0.2, 0) is 10.1 Å². The minimum Gasteiger partial charge on any atom is -0.377 e. The van der Waals surface area contributed by atoms with E-state index in [9.17, 15) is 8.42 Å². The van der Waals surface area contributed by atoms with Gasteiger partial charge in [-0.1, -0.05) is 48.0 Å². The quantitative estimate of drug-likeness (QED) is 0.495. The predicted molar refractivity (Wildman–Crippen MR) is 102 cm³/mol. The monoisotopic (exact) mass is 363 g/mol. The summed E-state index contributed by atoms with van der Waals surface area (Å²) in [7, 11) is -3.91. The largest absolute Gasteiger partial charge is 0.377 e. The van der Waals surface area contributed by atoms with Crippen LogP contribution in [0.15, 0.2) is 90.1 Å². The van der Waals surface area contributed by atoms with Crippen molar-refractivity contribution in [1.29, 1.82) is 0 Å². The zero-order valence-corrected chi connectivity index (χ0v) is 15.0. The van der Waals surface area contributed by atoms with Crippen LogP contribution in [0.1, 0.15) is 5.56 Å². The molecule has 0 aliphatic heterocycles. The fraction of sp³-hybridized carbons (Fsp3) is 0.0476. The molecule has 2 aromatic heterocycles. The molecule has 4 nitrogen and oxygen atoms in total. The van der Waals surface area contributed by atoms with Gasteiger partial charge in [0, 0.05) is 18.0 Å². The highest BCUT2D eigenvalue weighted by atomic mass is 32.2. The molecule has 5 heteroatoms. The lowest BCUT2D eigenvalue weighted by Gasteiger charge is -2.11. The van der Waals surface area contributed by atoms with Gasteiger partial charge in [0.1, 0.15) is 4.90 Å². The van der Waals surface area contributed by atoms with Crippen LogP contribution < -0.4 is 4.18 Å². The first kappa shape index (κ1) is 16.4. The number of hydrogen-bond donors (Lipinski definition) is 0. The highest BCUT2D eigenvalue weighted by Gasteiger charge is 2.19. The Kier molecular flexibility index (Phi) is 4.01. The van der Waals surface area contributed by atoms with E-state index in [-0.39, 0.29) is 4.90 Å². The van der Waals surface area contributed by atoms with Crippen LogP contribution in [0.3, 0.4) is 0 Å². The fourth-order valence-corrected chi connectivity index (χ4v) is 3.78. The number of rotatable bonds is 4. The molecule has 0 fully saturated rings. The Morgan fingerprint density at radius 3 is 2.31 bits per heavy atom. The predicted octanol–water partition coefficient (Wildman–Crippen LogP) is 4.68. The maximum Gasteiger partial charge on any atom is 0.339 e. The minimum absolute atomic E-state index is 0.137. The summed E-state index contributed by atoms with van der Waals surface area (Å²) in [6, 6.07) is 21.8. The van der Waals surface area contributed by atoms with E-state index < -0.39 is 10.1 Å². The lowest BCUT2D eigenvalue weighted by molar-refractivity contribution is 0.487. The van der Waals surface area contributed by atoms with Crippen LogP contribution in [0.25, 0.3) is 16.6 Å². The Labute approximate surface area is 152 Å². The van der Waals surface area contributed by atoms with Gasteiger partial charge in [-0.05, 0) is 42.8 Å². The smallest absolute Gasteiger partial charge is 0.339 e. The minimum atomic E-state index is -3.91. The van der Waals surface area contributed by atoms with E-state index in [4.69, 9.17) is 4.18 Å². The van der Waals surface area contributed by atoms with Crippen molar-refractivity contribution in [3.8, 4) is 16.9 Å². The topological polar surface area (TPSA) is 47.8 Å². The number of aromatic nitrogens is 1. The van der Waals surface area contributed by atoms with Crippen LogP contribution in [0.2, 0.25) is 0 Å². The van der Waals surface area contributed by atoms with Gasteiger partial charge in [-0.2, -0.15) is 8.42 Å². The molecule has 4 rings (SSSR count). The summed E-state index contributed by atoms with van der Waals surface area (Å²) in [6.45, 7) is 1.91. The van der Waals surface area contributed by atoms with E-state index >= 15 is 0 Å². The Bertz CT molecular complexity index is 1160. The van der Waals surface area contributed by atoms with Crippen molar-refractivity contribution in [2.75, 3.05) is 0 Å². The third kappa shape index (κ3) is 3.09. The summed E-state index contributed by atoms with van der Waals surface area (Å²) >= 11 is 0. The molecule has 0 saturated heterocycles. The Balaban J connectivity index is 1.81. The van der Waals surface area contributed by atoms with E-state index in [1.54, 1.807) is 30.3 Å². The van der Waals surface area contributed by atoms with Crippen molar-refractivity contribution in [1.82, 2.24) is 4.40 Å². The first-order valence-electron chi connectivity index (χ1n) is 8.20. The molecule has 2 aromatic carbocycles. The lowest BCUT2D eigenvalue weighted by atomic mass is 10.1. The Hall–Kier alpha value is -3.05. The van der Waals surface area contributed by atoms with E-state index in [1.807, 2.05) is 66.2 Å². The standard InChI is InChI=1S/C21H17NO3S/c1-16-9-11-19(12-10-16)26(23,24)25-21-14-18(17-6-3-2-4-7-17)15-22-13-5-8-20(21)22/h2-15H,1H3. The molecule has 0 amide bonds. The fourth-order valence-electron chi connectivity index (χ4n) is 2.84. The molecule has 130 valence electrons. The number of aryl methyl sites for hydroxylation is 1. The zero-order chi connectivity index (χ0) is 18.1. The van der Waals surface area contributed by atoms with E-state index in [1.165, 1.54) is 0 Å². The van der Waals surface area contributed by atoms with Crippen LogP contribution in [0.5, 0.6) is 5.75 Å². The van der Waals surface area contributed by atoms with E-state index in [2.05, 4.69) is 0 Å². The molecule has 2 heterocycles. The summed E-state index contributed by atoms with van der Waals surface area (Å²) in [6.07, 6.45) is 3.82. The van der Waals surface area contributed by atoms with E-state index in [0.717, 1.165) is 16.7 Å². The van der Waals surface area contributed by atoms with Crippen LogP contribution in [0, 0.1) is 6.92 Å². The first-order valence-corrected chi connectivity index (χ1v) is 9.61. The van der Waals surface area contributed by atoms with Crippen LogP contribution in [0.4, 0.5) is 0 Å². The first-order chi connectivity index (χ1) is 12.5. The second kappa shape index (κ2) is 6.35. The second-order valence-electron chi connectivity index (χ2n) is 6.11. The van der Waals surface area contributed by atoms with Gasteiger partial charge in [0.25, 0.3) is 0 Å². The zero-order valence-electron chi connectivity index (χ0n) is 14.2. The SMILES string of the molecule is Cc1ccc(S(=O)(=O)Oc2cc(-c3ccccc3)cn3cccc23)cc1. The normalized spacial score (nSPS) is 11.6. The summed E-state index contributed by atoms with van der Waals surface area (Å²) in [5.74, 6) is 0.303. The molecule has 26 heavy (non-hydrogen) atoms. The van der Waals surface area contributed by atoms with Gasteiger partial charge in [0.2, 0.25) is 0 Å². The molecule has 0 atom stereocenters. The molecular formula is C21H17NO3S. The number of hydrogen-bond acceptors (Lipinski definition) is 3. The Morgan fingerprint density at radius 1 is 0.846 bits per heavy atom. The van der Waals surface area contributed by atoms with Crippen LogP contribution in [-0.4, -0.2) is 12.8 Å². The molecule has 0 aliphatic rings. The molecule has 0 aliphatic carbocycles. The number of fused-ring (bicyclic) bond motifs is 1. The van der Waals surface area contributed by atoms with Gasteiger partial charge < -0.3 is 8.58 Å². The van der Waals surface area contributed by atoms with E-state index in [0.29, 0.717) is 11.3 Å². The molecule has 4 aromatic rings. The Morgan fingerprint density at radius 2 is 1.58 bits per heavy atom. The number of nitrogens with zero attached hydrogens (tertiary/aromatic N) is 1. The van der Waals surface area contributed by atoms with Gasteiger partial charge in [0.05, 0.1) is 5.52 Å². The lowest BCUT2D eigenvalue weighted by Crippen LogP contribution is -2.10. The molecule has 0 N–H and O–H groups in total. The molecule has 0 unspecified atom stereocenters. The van der Waals surface area contributed by atoms with Gasteiger partial charge in [-0.25, -0.2) is 0 Å². The summed E-state index contributed by atoms with van der Waals surface area (Å²) < 4.78 is 32.8.